The van der Waals surface area contributed by atoms with Crippen molar-refractivity contribution < 1.29 is 5.11 Å². The van der Waals surface area contributed by atoms with Crippen molar-refractivity contribution in [3.05, 3.63) is 22.4 Å². The van der Waals surface area contributed by atoms with Crippen molar-refractivity contribution in [3.8, 4) is 0 Å². The monoisotopic (exact) mass is 239 g/mol. The van der Waals surface area contributed by atoms with Gasteiger partial charge < -0.3 is 10.0 Å². The molecule has 0 aromatic carbocycles. The van der Waals surface area contributed by atoms with E-state index in [0.717, 1.165) is 25.7 Å². The van der Waals surface area contributed by atoms with E-state index in [1.54, 1.807) is 0 Å². The number of aliphatic hydroxyl groups excluding tert-OH is 1. The minimum absolute atomic E-state index is 0.0533. The number of aliphatic hydroxyl groups is 1. The summed E-state index contributed by atoms with van der Waals surface area (Å²) in [6, 6.07) is 4.90. The van der Waals surface area contributed by atoms with E-state index in [1.807, 2.05) is 11.3 Å². The highest BCUT2D eigenvalue weighted by molar-refractivity contribution is 7.10. The van der Waals surface area contributed by atoms with E-state index in [4.69, 9.17) is 0 Å². The van der Waals surface area contributed by atoms with Crippen LogP contribution in [0.15, 0.2) is 17.5 Å². The molecule has 0 bridgehead atoms. The number of hydrogen-bond donors (Lipinski definition) is 1. The molecule has 90 valence electrons. The van der Waals surface area contributed by atoms with Crippen molar-refractivity contribution in [2.75, 3.05) is 14.1 Å². The number of rotatable bonds is 3. The van der Waals surface area contributed by atoms with Gasteiger partial charge in [-0.25, -0.2) is 0 Å². The summed E-state index contributed by atoms with van der Waals surface area (Å²) < 4.78 is 0. The minimum atomic E-state index is -0.0533. The van der Waals surface area contributed by atoms with Gasteiger partial charge in [0.05, 0.1) is 6.10 Å². The Bertz CT molecular complexity index is 302. The average Bonchev–Trinajstić information content (AvgIpc) is 2.74. The summed E-state index contributed by atoms with van der Waals surface area (Å²) in [4.78, 5) is 3.79. The third-order valence-electron chi connectivity index (χ3n) is 3.58. The third-order valence-corrected chi connectivity index (χ3v) is 4.52. The van der Waals surface area contributed by atoms with E-state index in [0.29, 0.717) is 12.0 Å². The maximum atomic E-state index is 9.57. The van der Waals surface area contributed by atoms with Gasteiger partial charge in [0.1, 0.15) is 0 Å². The highest BCUT2D eigenvalue weighted by Crippen LogP contribution is 2.38. The Labute approximate surface area is 102 Å². The summed E-state index contributed by atoms with van der Waals surface area (Å²) >= 11 is 1.85. The molecule has 1 unspecified atom stereocenters. The highest BCUT2D eigenvalue weighted by atomic mass is 32.1. The zero-order chi connectivity index (χ0) is 11.5. The van der Waals surface area contributed by atoms with E-state index >= 15 is 0 Å². The van der Waals surface area contributed by atoms with Gasteiger partial charge in [0, 0.05) is 10.9 Å². The first-order valence-electron chi connectivity index (χ1n) is 6.06. The minimum Gasteiger partial charge on any atom is -0.393 e. The molecule has 16 heavy (non-hydrogen) atoms. The van der Waals surface area contributed by atoms with Gasteiger partial charge in [-0.2, -0.15) is 0 Å². The molecule has 1 aliphatic rings. The molecule has 0 aliphatic heterocycles. The molecule has 0 saturated heterocycles. The van der Waals surface area contributed by atoms with Crippen LogP contribution in [0.3, 0.4) is 0 Å². The van der Waals surface area contributed by atoms with Crippen LogP contribution in [0.1, 0.15) is 36.6 Å². The first kappa shape index (κ1) is 12.1. The molecule has 1 atom stereocenters. The van der Waals surface area contributed by atoms with Crippen molar-refractivity contribution in [1.82, 2.24) is 4.90 Å². The normalized spacial score (nSPS) is 28.2. The molecule has 1 N–H and O–H groups in total. The molecule has 2 rings (SSSR count). The molecule has 2 nitrogen and oxygen atoms in total. The molecule has 1 heterocycles. The van der Waals surface area contributed by atoms with Gasteiger partial charge >= 0.3 is 0 Å². The molecule has 0 radical (unpaired) electrons. The Balaban J connectivity index is 2.08. The first-order valence-corrected chi connectivity index (χ1v) is 6.94. The van der Waals surface area contributed by atoms with Crippen LogP contribution in [0.2, 0.25) is 0 Å². The largest absolute Gasteiger partial charge is 0.393 e. The zero-order valence-corrected chi connectivity index (χ0v) is 10.9. The summed E-state index contributed by atoms with van der Waals surface area (Å²) in [5, 5.41) is 11.7. The van der Waals surface area contributed by atoms with Crippen LogP contribution < -0.4 is 0 Å². The summed E-state index contributed by atoms with van der Waals surface area (Å²) in [7, 11) is 4.32. The summed E-state index contributed by atoms with van der Waals surface area (Å²) in [6.45, 7) is 0. The highest BCUT2D eigenvalue weighted by Gasteiger charge is 2.29. The SMILES string of the molecule is CN(C)C(c1cccs1)C1CCC(O)CC1. The van der Waals surface area contributed by atoms with Crippen molar-refractivity contribution >= 4 is 11.3 Å². The molecule has 1 saturated carbocycles. The third kappa shape index (κ3) is 2.65. The molecular weight excluding hydrogens is 218 g/mol. The lowest BCUT2D eigenvalue weighted by Crippen LogP contribution is -2.30. The molecule has 0 spiro atoms. The number of hydrogen-bond acceptors (Lipinski definition) is 3. The predicted molar refractivity (Wildman–Crippen MR) is 68.7 cm³/mol. The topological polar surface area (TPSA) is 23.5 Å². The second-order valence-corrected chi connectivity index (χ2v) is 5.97. The molecule has 1 aromatic heterocycles. The van der Waals surface area contributed by atoms with E-state index in [2.05, 4.69) is 36.5 Å². The van der Waals surface area contributed by atoms with Crippen LogP contribution >= 0.6 is 11.3 Å². The van der Waals surface area contributed by atoms with Crippen LogP contribution in [0.5, 0.6) is 0 Å². The lowest BCUT2D eigenvalue weighted by Gasteiger charge is -2.35. The lowest BCUT2D eigenvalue weighted by molar-refractivity contribution is 0.0788. The van der Waals surface area contributed by atoms with Gasteiger partial charge in [0.15, 0.2) is 0 Å². The molecule has 0 amide bonds. The fraction of sp³-hybridized carbons (Fsp3) is 0.692. The smallest absolute Gasteiger partial charge is 0.0540 e. The Morgan fingerprint density at radius 3 is 2.50 bits per heavy atom. The van der Waals surface area contributed by atoms with E-state index in [-0.39, 0.29) is 6.10 Å². The maximum absolute atomic E-state index is 9.57. The molecule has 1 aliphatic carbocycles. The maximum Gasteiger partial charge on any atom is 0.0540 e. The van der Waals surface area contributed by atoms with Crippen LogP contribution in [-0.2, 0) is 0 Å². The predicted octanol–water partition coefficient (Wildman–Crippen LogP) is 2.90. The van der Waals surface area contributed by atoms with Crippen LogP contribution in [0.4, 0.5) is 0 Å². The standard InChI is InChI=1S/C13H21NOS/c1-14(2)13(12-4-3-9-16-12)10-5-7-11(15)8-6-10/h3-4,9-11,13,15H,5-8H2,1-2H3. The van der Waals surface area contributed by atoms with E-state index in [1.165, 1.54) is 4.88 Å². The second-order valence-electron chi connectivity index (χ2n) is 4.99. The molecule has 3 heteroatoms. The van der Waals surface area contributed by atoms with Crippen LogP contribution in [-0.4, -0.2) is 30.2 Å². The van der Waals surface area contributed by atoms with Gasteiger partial charge in [-0.1, -0.05) is 6.07 Å². The number of nitrogens with zero attached hydrogens (tertiary/aromatic N) is 1. The van der Waals surface area contributed by atoms with Crippen molar-refractivity contribution in [3.63, 3.8) is 0 Å². The molecule has 1 aromatic rings. The van der Waals surface area contributed by atoms with Crippen molar-refractivity contribution in [2.45, 2.75) is 37.8 Å². The Hall–Kier alpha value is -0.380. The first-order chi connectivity index (χ1) is 7.68. The summed E-state index contributed by atoms with van der Waals surface area (Å²) in [6.07, 6.45) is 4.20. The number of thiophene rings is 1. The zero-order valence-electron chi connectivity index (χ0n) is 10.1. The van der Waals surface area contributed by atoms with Gasteiger partial charge in [-0.3, -0.25) is 0 Å². The van der Waals surface area contributed by atoms with E-state index in [9.17, 15) is 5.11 Å². The summed E-state index contributed by atoms with van der Waals surface area (Å²) in [5.41, 5.74) is 0. The fourth-order valence-corrected chi connectivity index (χ4v) is 3.80. The van der Waals surface area contributed by atoms with Crippen molar-refractivity contribution in [2.24, 2.45) is 5.92 Å². The Morgan fingerprint density at radius 1 is 1.31 bits per heavy atom. The Kier molecular flexibility index (Phi) is 4.00. The van der Waals surface area contributed by atoms with Gasteiger partial charge in [0.25, 0.3) is 0 Å². The second kappa shape index (κ2) is 5.30. The van der Waals surface area contributed by atoms with Gasteiger partial charge in [-0.05, 0) is 57.1 Å². The van der Waals surface area contributed by atoms with E-state index < -0.39 is 0 Å². The average molecular weight is 239 g/mol. The Morgan fingerprint density at radius 2 is 2.00 bits per heavy atom. The lowest BCUT2D eigenvalue weighted by atomic mass is 9.81. The van der Waals surface area contributed by atoms with Gasteiger partial charge in [-0.15, -0.1) is 11.3 Å². The van der Waals surface area contributed by atoms with Crippen LogP contribution in [0.25, 0.3) is 0 Å². The van der Waals surface area contributed by atoms with Crippen molar-refractivity contribution in [1.29, 1.82) is 0 Å². The molecule has 1 fully saturated rings. The summed E-state index contributed by atoms with van der Waals surface area (Å²) in [5.74, 6) is 0.706. The van der Waals surface area contributed by atoms with Crippen LogP contribution in [0, 0.1) is 5.92 Å². The molecular formula is C13H21NOS. The quantitative estimate of drug-likeness (QED) is 0.876. The fourth-order valence-electron chi connectivity index (χ4n) is 2.79. The van der Waals surface area contributed by atoms with Gasteiger partial charge in [0.2, 0.25) is 0 Å².